The lowest BCUT2D eigenvalue weighted by Gasteiger charge is -2.16. The second-order valence-electron chi connectivity index (χ2n) is 5.22. The number of amides is 1. The van der Waals surface area contributed by atoms with Crippen molar-refractivity contribution in [1.82, 2.24) is 4.98 Å². The molecule has 4 heteroatoms. The van der Waals surface area contributed by atoms with Crippen molar-refractivity contribution in [3.05, 3.63) is 23.9 Å². The van der Waals surface area contributed by atoms with Crippen molar-refractivity contribution in [2.75, 3.05) is 11.9 Å². The Hall–Kier alpha value is -1.86. The van der Waals surface area contributed by atoms with Gasteiger partial charge in [0.15, 0.2) is 0 Å². The van der Waals surface area contributed by atoms with Gasteiger partial charge in [-0.1, -0.05) is 32.6 Å². The Bertz CT molecular complexity index is 478. The lowest BCUT2D eigenvalue weighted by molar-refractivity contribution is -0.117. The highest BCUT2D eigenvalue weighted by atomic mass is 16.1. The molecule has 96 valence electrons. The van der Waals surface area contributed by atoms with Crippen LogP contribution in [0.1, 0.15) is 32.8 Å². The Kier molecular flexibility index (Phi) is 4.87. The average Bonchev–Trinajstić information content (AvgIpc) is 2.24. The van der Waals surface area contributed by atoms with Crippen molar-refractivity contribution < 1.29 is 4.79 Å². The highest BCUT2D eigenvalue weighted by molar-refractivity contribution is 5.90. The standard InChI is InChI=1S/C14H19N3O/c1-14(2,3)10-13(18)17-12-9-11(5-4-7-15)6-8-16-12/h6,8-9H,7,10,15H2,1-3H3,(H,16,17,18). The molecule has 0 aromatic carbocycles. The molecule has 0 fully saturated rings. The highest BCUT2D eigenvalue weighted by Crippen LogP contribution is 2.19. The Morgan fingerprint density at radius 2 is 2.22 bits per heavy atom. The first-order valence-corrected chi connectivity index (χ1v) is 5.85. The lowest BCUT2D eigenvalue weighted by atomic mass is 9.92. The van der Waals surface area contributed by atoms with Gasteiger partial charge in [0, 0.05) is 18.2 Å². The van der Waals surface area contributed by atoms with Gasteiger partial charge in [-0.25, -0.2) is 4.98 Å². The van der Waals surface area contributed by atoms with Crippen LogP contribution < -0.4 is 11.1 Å². The number of anilines is 1. The predicted octanol–water partition coefficient (Wildman–Crippen LogP) is 1.77. The third-order valence-corrected chi connectivity index (χ3v) is 2.05. The summed E-state index contributed by atoms with van der Waals surface area (Å²) in [6.45, 7) is 6.36. The van der Waals surface area contributed by atoms with E-state index in [9.17, 15) is 4.79 Å². The van der Waals surface area contributed by atoms with Gasteiger partial charge in [0.05, 0.1) is 6.54 Å². The van der Waals surface area contributed by atoms with Gasteiger partial charge in [-0.3, -0.25) is 4.79 Å². The quantitative estimate of drug-likeness (QED) is 0.780. The number of aromatic nitrogens is 1. The predicted molar refractivity (Wildman–Crippen MR) is 72.9 cm³/mol. The Balaban J connectivity index is 2.70. The van der Waals surface area contributed by atoms with E-state index in [1.165, 1.54) is 0 Å². The summed E-state index contributed by atoms with van der Waals surface area (Å²) in [6.07, 6.45) is 2.07. The Labute approximate surface area is 108 Å². The molecule has 0 aliphatic rings. The van der Waals surface area contributed by atoms with Gasteiger partial charge in [-0.2, -0.15) is 0 Å². The van der Waals surface area contributed by atoms with Crippen LogP contribution in [-0.4, -0.2) is 17.4 Å². The smallest absolute Gasteiger partial charge is 0.226 e. The molecule has 3 N–H and O–H groups in total. The van der Waals surface area contributed by atoms with Crippen LogP contribution >= 0.6 is 0 Å². The second-order valence-corrected chi connectivity index (χ2v) is 5.22. The molecule has 18 heavy (non-hydrogen) atoms. The first-order chi connectivity index (χ1) is 8.40. The summed E-state index contributed by atoms with van der Waals surface area (Å²) >= 11 is 0. The summed E-state index contributed by atoms with van der Waals surface area (Å²) in [5.74, 6) is 6.14. The summed E-state index contributed by atoms with van der Waals surface area (Å²) < 4.78 is 0. The number of carbonyl (C=O) groups excluding carboxylic acids is 1. The zero-order chi connectivity index (χ0) is 13.6. The van der Waals surface area contributed by atoms with Crippen LogP contribution in [0.25, 0.3) is 0 Å². The van der Waals surface area contributed by atoms with E-state index in [1.807, 2.05) is 20.8 Å². The first kappa shape index (κ1) is 14.2. The minimum absolute atomic E-state index is 0.0406. The molecular formula is C14H19N3O. The molecule has 1 aromatic heterocycles. The number of hydrogen-bond acceptors (Lipinski definition) is 3. The topological polar surface area (TPSA) is 68.0 Å². The third-order valence-electron chi connectivity index (χ3n) is 2.05. The fraction of sp³-hybridized carbons (Fsp3) is 0.429. The first-order valence-electron chi connectivity index (χ1n) is 5.85. The molecule has 0 spiro atoms. The maximum Gasteiger partial charge on any atom is 0.226 e. The van der Waals surface area contributed by atoms with Crippen LogP contribution in [0, 0.1) is 17.3 Å². The molecule has 0 saturated carbocycles. The number of carbonyl (C=O) groups is 1. The summed E-state index contributed by atoms with van der Waals surface area (Å²) in [7, 11) is 0. The van der Waals surface area contributed by atoms with Crippen LogP contribution in [0.15, 0.2) is 18.3 Å². The molecule has 0 radical (unpaired) electrons. The minimum atomic E-state index is -0.0427. The SMILES string of the molecule is CC(C)(C)CC(=O)Nc1cc(C#CCN)ccn1. The van der Waals surface area contributed by atoms with E-state index in [1.54, 1.807) is 18.3 Å². The molecule has 1 aromatic rings. The van der Waals surface area contributed by atoms with Gasteiger partial charge in [0.1, 0.15) is 5.82 Å². The van der Waals surface area contributed by atoms with Crippen molar-refractivity contribution in [3.8, 4) is 11.8 Å². The Morgan fingerprint density at radius 1 is 1.50 bits per heavy atom. The maximum atomic E-state index is 11.7. The zero-order valence-electron chi connectivity index (χ0n) is 11.1. The summed E-state index contributed by atoms with van der Waals surface area (Å²) in [6, 6.07) is 3.52. The molecule has 4 nitrogen and oxygen atoms in total. The minimum Gasteiger partial charge on any atom is -0.320 e. The van der Waals surface area contributed by atoms with Crippen LogP contribution in [0.2, 0.25) is 0 Å². The fourth-order valence-corrected chi connectivity index (χ4v) is 1.40. The molecule has 0 aliphatic heterocycles. The maximum absolute atomic E-state index is 11.7. The van der Waals surface area contributed by atoms with E-state index >= 15 is 0 Å². The molecule has 0 aliphatic carbocycles. The molecule has 1 heterocycles. The Morgan fingerprint density at radius 3 is 2.83 bits per heavy atom. The largest absolute Gasteiger partial charge is 0.320 e. The second kappa shape index (κ2) is 6.18. The van der Waals surface area contributed by atoms with E-state index in [0.717, 1.165) is 5.56 Å². The van der Waals surface area contributed by atoms with Crippen molar-refractivity contribution in [2.24, 2.45) is 11.1 Å². The number of rotatable bonds is 2. The van der Waals surface area contributed by atoms with Gasteiger partial charge in [-0.05, 0) is 17.5 Å². The number of nitrogens with one attached hydrogen (secondary N) is 1. The van der Waals surface area contributed by atoms with Gasteiger partial charge >= 0.3 is 0 Å². The van der Waals surface area contributed by atoms with Gasteiger partial charge < -0.3 is 11.1 Å². The summed E-state index contributed by atoms with van der Waals surface area (Å²) in [5.41, 5.74) is 6.06. The van der Waals surface area contributed by atoms with Gasteiger partial charge in [0.2, 0.25) is 5.91 Å². The summed E-state index contributed by atoms with van der Waals surface area (Å²) in [5, 5.41) is 2.77. The molecule has 0 bridgehead atoms. The summed E-state index contributed by atoms with van der Waals surface area (Å²) in [4.78, 5) is 15.8. The fourth-order valence-electron chi connectivity index (χ4n) is 1.40. The molecular weight excluding hydrogens is 226 g/mol. The van der Waals surface area contributed by atoms with E-state index in [4.69, 9.17) is 5.73 Å². The highest BCUT2D eigenvalue weighted by Gasteiger charge is 2.16. The molecule has 0 saturated heterocycles. The number of nitrogens with zero attached hydrogens (tertiary/aromatic N) is 1. The van der Waals surface area contributed by atoms with Crippen molar-refractivity contribution in [2.45, 2.75) is 27.2 Å². The molecule has 1 amide bonds. The average molecular weight is 245 g/mol. The van der Waals surface area contributed by atoms with Crippen LogP contribution in [0.5, 0.6) is 0 Å². The van der Waals surface area contributed by atoms with Crippen LogP contribution in [0.4, 0.5) is 5.82 Å². The van der Waals surface area contributed by atoms with E-state index < -0.39 is 0 Å². The van der Waals surface area contributed by atoms with Gasteiger partial charge in [0.25, 0.3) is 0 Å². The van der Waals surface area contributed by atoms with Gasteiger partial charge in [-0.15, -0.1) is 0 Å². The van der Waals surface area contributed by atoms with Crippen LogP contribution in [-0.2, 0) is 4.79 Å². The number of hydrogen-bond donors (Lipinski definition) is 2. The zero-order valence-corrected chi connectivity index (χ0v) is 11.1. The van der Waals surface area contributed by atoms with E-state index in [2.05, 4.69) is 22.1 Å². The number of pyridine rings is 1. The normalized spacial score (nSPS) is 10.4. The van der Waals surface area contributed by atoms with Crippen LogP contribution in [0.3, 0.4) is 0 Å². The third kappa shape index (κ3) is 5.46. The van der Waals surface area contributed by atoms with E-state index in [0.29, 0.717) is 18.8 Å². The lowest BCUT2D eigenvalue weighted by Crippen LogP contribution is -2.20. The van der Waals surface area contributed by atoms with E-state index in [-0.39, 0.29) is 11.3 Å². The number of nitrogens with two attached hydrogens (primary N) is 1. The monoisotopic (exact) mass is 245 g/mol. The van der Waals surface area contributed by atoms with Crippen molar-refractivity contribution >= 4 is 11.7 Å². The molecule has 0 atom stereocenters. The molecule has 0 unspecified atom stereocenters. The van der Waals surface area contributed by atoms with Crippen molar-refractivity contribution in [1.29, 1.82) is 0 Å². The van der Waals surface area contributed by atoms with Crippen molar-refractivity contribution in [3.63, 3.8) is 0 Å². The molecule has 1 rings (SSSR count).